The zero-order chi connectivity index (χ0) is 13.6. The van der Waals surface area contributed by atoms with Crippen molar-refractivity contribution in [2.24, 2.45) is 0 Å². The topological polar surface area (TPSA) is 50.9 Å². The summed E-state index contributed by atoms with van der Waals surface area (Å²) >= 11 is 0. The van der Waals surface area contributed by atoms with E-state index in [1.54, 1.807) is 6.20 Å². The maximum atomic E-state index is 5.66. The molecule has 0 atom stereocenters. The van der Waals surface area contributed by atoms with Crippen LogP contribution in [0.4, 0.5) is 5.82 Å². The number of rotatable bonds is 5. The van der Waals surface area contributed by atoms with Gasteiger partial charge in [0.1, 0.15) is 5.82 Å². The lowest BCUT2D eigenvalue weighted by atomic mass is 10.1. The Morgan fingerprint density at radius 2 is 2.17 bits per heavy atom. The third kappa shape index (κ3) is 6.40. The van der Waals surface area contributed by atoms with Crippen LogP contribution in [0.2, 0.25) is 0 Å². The highest BCUT2D eigenvalue weighted by atomic mass is 14.9. The minimum absolute atomic E-state index is 0.196. The first kappa shape index (κ1) is 14.7. The Balaban J connectivity index is 2.38. The lowest BCUT2D eigenvalue weighted by Gasteiger charge is -2.19. The Kier molecular flexibility index (Phi) is 5.35. The molecule has 0 aliphatic carbocycles. The number of anilines is 1. The van der Waals surface area contributed by atoms with Crippen LogP contribution in [0.15, 0.2) is 30.0 Å². The van der Waals surface area contributed by atoms with Gasteiger partial charge in [-0.1, -0.05) is 11.6 Å². The van der Waals surface area contributed by atoms with Crippen molar-refractivity contribution in [1.82, 2.24) is 10.3 Å². The van der Waals surface area contributed by atoms with Crippen LogP contribution in [0.1, 0.15) is 39.7 Å². The summed E-state index contributed by atoms with van der Waals surface area (Å²) in [4.78, 5) is 4.00. The first-order valence-corrected chi connectivity index (χ1v) is 6.48. The summed E-state index contributed by atoms with van der Waals surface area (Å²) in [5.74, 6) is 0.592. The molecule has 0 saturated heterocycles. The maximum absolute atomic E-state index is 5.66. The molecule has 0 unspecified atom stereocenters. The van der Waals surface area contributed by atoms with Gasteiger partial charge in [-0.25, -0.2) is 4.98 Å². The summed E-state index contributed by atoms with van der Waals surface area (Å²) in [6, 6.07) is 3.95. The Morgan fingerprint density at radius 1 is 1.44 bits per heavy atom. The van der Waals surface area contributed by atoms with Crippen molar-refractivity contribution in [3.8, 4) is 0 Å². The van der Waals surface area contributed by atoms with Crippen molar-refractivity contribution in [1.29, 1.82) is 0 Å². The van der Waals surface area contributed by atoms with Gasteiger partial charge in [0, 0.05) is 11.7 Å². The second-order valence-electron chi connectivity index (χ2n) is 5.78. The monoisotopic (exact) mass is 247 g/mol. The first-order valence-electron chi connectivity index (χ1n) is 6.48. The van der Waals surface area contributed by atoms with Gasteiger partial charge in [-0.3, -0.25) is 0 Å². The number of nitrogen functional groups attached to an aromatic ring is 1. The van der Waals surface area contributed by atoms with Crippen LogP contribution in [0.5, 0.6) is 0 Å². The van der Waals surface area contributed by atoms with Gasteiger partial charge in [-0.05, 0) is 64.8 Å². The van der Waals surface area contributed by atoms with Crippen LogP contribution in [0.3, 0.4) is 0 Å². The van der Waals surface area contributed by atoms with E-state index in [2.05, 4.69) is 44.1 Å². The molecule has 0 aliphatic heterocycles. The van der Waals surface area contributed by atoms with E-state index in [1.165, 1.54) is 11.1 Å². The molecular formula is C15H25N3. The van der Waals surface area contributed by atoms with Gasteiger partial charge in [-0.2, -0.15) is 0 Å². The smallest absolute Gasteiger partial charge is 0.123 e. The molecule has 0 bridgehead atoms. The summed E-state index contributed by atoms with van der Waals surface area (Å²) in [5.41, 5.74) is 8.45. The Bertz CT molecular complexity index is 402. The molecule has 0 spiro atoms. The summed E-state index contributed by atoms with van der Waals surface area (Å²) < 4.78 is 0. The zero-order valence-electron chi connectivity index (χ0n) is 12.0. The number of hydrogen-bond acceptors (Lipinski definition) is 3. The summed E-state index contributed by atoms with van der Waals surface area (Å²) in [5, 5.41) is 3.48. The van der Waals surface area contributed by atoms with Gasteiger partial charge < -0.3 is 11.1 Å². The van der Waals surface area contributed by atoms with Gasteiger partial charge in [-0.15, -0.1) is 0 Å². The molecule has 1 heterocycles. The molecule has 0 amide bonds. The number of nitrogens with two attached hydrogens (primary N) is 1. The lowest BCUT2D eigenvalue weighted by molar-refractivity contribution is 0.431. The second-order valence-corrected chi connectivity index (χ2v) is 5.78. The molecule has 1 aromatic rings. The van der Waals surface area contributed by atoms with Gasteiger partial charge in [0.25, 0.3) is 0 Å². The quantitative estimate of drug-likeness (QED) is 0.621. The fourth-order valence-electron chi connectivity index (χ4n) is 1.76. The van der Waals surface area contributed by atoms with Gasteiger partial charge in [0.2, 0.25) is 0 Å². The molecule has 0 radical (unpaired) electrons. The van der Waals surface area contributed by atoms with Crippen LogP contribution >= 0.6 is 0 Å². The molecular weight excluding hydrogens is 222 g/mol. The van der Waals surface area contributed by atoms with E-state index < -0.39 is 0 Å². The fraction of sp³-hybridized carbons (Fsp3) is 0.533. The van der Waals surface area contributed by atoms with Gasteiger partial charge in [0.15, 0.2) is 0 Å². The Morgan fingerprint density at radius 3 is 2.78 bits per heavy atom. The van der Waals surface area contributed by atoms with E-state index in [0.29, 0.717) is 5.82 Å². The molecule has 3 heteroatoms. The molecule has 3 nitrogen and oxygen atoms in total. The molecule has 0 aliphatic rings. The Hall–Kier alpha value is -1.35. The van der Waals surface area contributed by atoms with Crippen molar-refractivity contribution in [3.63, 3.8) is 0 Å². The third-order valence-corrected chi connectivity index (χ3v) is 2.62. The normalized spacial score (nSPS) is 12.8. The Labute approximate surface area is 111 Å². The average Bonchev–Trinajstić information content (AvgIpc) is 2.23. The summed E-state index contributed by atoms with van der Waals surface area (Å²) in [7, 11) is 0. The summed E-state index contributed by atoms with van der Waals surface area (Å²) in [6.45, 7) is 9.73. The van der Waals surface area contributed by atoms with Crippen molar-refractivity contribution >= 4 is 5.82 Å². The molecule has 1 rings (SSSR count). The van der Waals surface area contributed by atoms with Crippen molar-refractivity contribution in [3.05, 3.63) is 35.5 Å². The molecule has 18 heavy (non-hydrogen) atoms. The van der Waals surface area contributed by atoms with E-state index >= 15 is 0 Å². The van der Waals surface area contributed by atoms with E-state index in [0.717, 1.165) is 19.4 Å². The maximum Gasteiger partial charge on any atom is 0.123 e. The predicted molar refractivity (Wildman–Crippen MR) is 78.5 cm³/mol. The largest absolute Gasteiger partial charge is 0.384 e. The van der Waals surface area contributed by atoms with E-state index in [9.17, 15) is 0 Å². The van der Waals surface area contributed by atoms with Crippen molar-refractivity contribution < 1.29 is 0 Å². The number of pyridine rings is 1. The fourth-order valence-corrected chi connectivity index (χ4v) is 1.76. The van der Waals surface area contributed by atoms with E-state index in [-0.39, 0.29) is 5.54 Å². The zero-order valence-corrected chi connectivity index (χ0v) is 12.0. The van der Waals surface area contributed by atoms with Crippen LogP contribution in [0.25, 0.3) is 0 Å². The number of nitrogens with one attached hydrogen (secondary N) is 1. The SMILES string of the molecule is CC(=CCCNC(C)(C)C)Cc1ccnc(N)c1. The third-order valence-electron chi connectivity index (χ3n) is 2.62. The molecule has 0 aromatic carbocycles. The van der Waals surface area contributed by atoms with Crippen LogP contribution in [-0.2, 0) is 6.42 Å². The highest BCUT2D eigenvalue weighted by molar-refractivity contribution is 5.33. The summed E-state index contributed by atoms with van der Waals surface area (Å²) in [6.07, 6.45) is 6.06. The highest BCUT2D eigenvalue weighted by Gasteiger charge is 2.06. The number of allylic oxidation sites excluding steroid dienone is 1. The van der Waals surface area contributed by atoms with Crippen molar-refractivity contribution in [2.45, 2.75) is 46.1 Å². The number of hydrogen-bond donors (Lipinski definition) is 2. The van der Waals surface area contributed by atoms with Crippen LogP contribution < -0.4 is 11.1 Å². The number of aromatic nitrogens is 1. The van der Waals surface area contributed by atoms with Crippen LogP contribution in [0, 0.1) is 0 Å². The highest BCUT2D eigenvalue weighted by Crippen LogP contribution is 2.10. The lowest BCUT2D eigenvalue weighted by Crippen LogP contribution is -2.36. The number of nitrogens with zero attached hydrogens (tertiary/aromatic N) is 1. The average molecular weight is 247 g/mol. The molecule has 100 valence electrons. The van der Waals surface area contributed by atoms with Crippen LogP contribution in [-0.4, -0.2) is 17.1 Å². The molecule has 3 N–H and O–H groups in total. The van der Waals surface area contributed by atoms with E-state index in [1.807, 2.05) is 12.1 Å². The molecule has 1 aromatic heterocycles. The molecule has 0 saturated carbocycles. The molecule has 0 fully saturated rings. The van der Waals surface area contributed by atoms with E-state index in [4.69, 9.17) is 5.73 Å². The van der Waals surface area contributed by atoms with Gasteiger partial charge in [0.05, 0.1) is 0 Å². The predicted octanol–water partition coefficient (Wildman–Crippen LogP) is 2.93. The standard InChI is InChI=1S/C15H25N3/c1-12(6-5-8-18-15(2,3)4)10-13-7-9-17-14(16)11-13/h6-7,9,11,18H,5,8,10H2,1-4H3,(H2,16,17). The van der Waals surface area contributed by atoms with Gasteiger partial charge >= 0.3 is 0 Å². The first-order chi connectivity index (χ1) is 8.37. The minimum atomic E-state index is 0.196. The van der Waals surface area contributed by atoms with Crippen molar-refractivity contribution in [2.75, 3.05) is 12.3 Å². The second kappa shape index (κ2) is 6.55. The minimum Gasteiger partial charge on any atom is -0.384 e.